The number of alkyl carbamates (subject to hydrolysis) is 1. The summed E-state index contributed by atoms with van der Waals surface area (Å²) in [7, 11) is -7.39. The van der Waals surface area contributed by atoms with Crippen molar-refractivity contribution in [3.05, 3.63) is 89.5 Å². The molecule has 1 aliphatic heterocycles. The van der Waals surface area contributed by atoms with Gasteiger partial charge in [0.15, 0.2) is 9.84 Å². The van der Waals surface area contributed by atoms with Crippen molar-refractivity contribution in [2.24, 2.45) is 0 Å². The molecule has 1 aliphatic rings. The number of nitrogens with one attached hydrogen (secondary N) is 1. The summed E-state index contributed by atoms with van der Waals surface area (Å²) in [5, 5.41) is 1.44. The summed E-state index contributed by atoms with van der Waals surface area (Å²) in [6.07, 6.45) is -0.689. The minimum Gasteiger partial charge on any atom is -0.489 e. The van der Waals surface area contributed by atoms with Gasteiger partial charge in [0, 0.05) is 11.1 Å². The van der Waals surface area contributed by atoms with E-state index in [0.29, 0.717) is 11.3 Å². The molecule has 0 fully saturated rings. The molecule has 198 valence electrons. The average Bonchev–Trinajstić information content (AvgIpc) is 3.13. The Morgan fingerprint density at radius 1 is 1.00 bits per heavy atom. The van der Waals surface area contributed by atoms with Crippen LogP contribution in [0.2, 0.25) is 0 Å². The molecule has 0 saturated heterocycles. The van der Waals surface area contributed by atoms with Gasteiger partial charge in [-0.3, -0.25) is 9.11 Å². The van der Waals surface area contributed by atoms with Crippen molar-refractivity contribution in [1.82, 2.24) is 5.32 Å². The molecule has 0 aliphatic carbocycles. The van der Waals surface area contributed by atoms with Crippen LogP contribution < -0.4 is 10.1 Å². The number of carbonyl (C=O) groups excluding carboxylic acids is 1. The average molecular weight is 546 g/mol. The summed E-state index contributed by atoms with van der Waals surface area (Å²) in [6, 6.07) is 20.4. The Morgan fingerprint density at radius 2 is 1.62 bits per heavy atom. The van der Waals surface area contributed by atoms with Gasteiger partial charge in [0.1, 0.15) is 23.2 Å². The Hall–Kier alpha value is -3.05. The number of fused-ring (bicyclic) bond motifs is 1. The van der Waals surface area contributed by atoms with Crippen LogP contribution in [0.4, 0.5) is 4.79 Å². The quantitative estimate of drug-likeness (QED) is 0.336. The summed E-state index contributed by atoms with van der Waals surface area (Å²) in [4.78, 5) is 12.7. The molecular weight excluding hydrogens is 514 g/mol. The van der Waals surface area contributed by atoms with Gasteiger partial charge in [0.25, 0.3) is 0 Å². The molecule has 1 amide bonds. The van der Waals surface area contributed by atoms with E-state index in [1.165, 1.54) is 18.2 Å². The summed E-state index contributed by atoms with van der Waals surface area (Å²) in [5.74, 6) is -0.0368. The van der Waals surface area contributed by atoms with E-state index in [4.69, 9.17) is 9.47 Å². The lowest BCUT2D eigenvalue weighted by Crippen LogP contribution is -2.32. The highest BCUT2D eigenvalue weighted by Gasteiger charge is 2.45. The second-order valence-electron chi connectivity index (χ2n) is 9.76. The zero-order chi connectivity index (χ0) is 26.8. The highest BCUT2D eigenvalue weighted by Crippen LogP contribution is 2.63. The number of ether oxygens (including phenoxy) is 2. The Balaban J connectivity index is 1.78. The first kappa shape index (κ1) is 27.0. The molecule has 8 nitrogen and oxygen atoms in total. The van der Waals surface area contributed by atoms with Gasteiger partial charge in [0.2, 0.25) is 0 Å². The van der Waals surface area contributed by atoms with Crippen molar-refractivity contribution in [3.8, 4) is 5.75 Å². The SMILES string of the molecule is CC(C)(C)OC(=O)NCc1c(OCc2ccccc2)ccc2c1C(S(=O)(=O)c1ccccc1)CS2(O)O. The van der Waals surface area contributed by atoms with Crippen molar-refractivity contribution in [1.29, 1.82) is 0 Å². The van der Waals surface area contributed by atoms with E-state index in [2.05, 4.69) is 5.32 Å². The topological polar surface area (TPSA) is 122 Å². The predicted octanol–water partition coefficient (Wildman–Crippen LogP) is 5.93. The zero-order valence-electron chi connectivity index (χ0n) is 20.9. The zero-order valence-corrected chi connectivity index (χ0v) is 22.5. The fourth-order valence-corrected chi connectivity index (χ4v) is 8.67. The molecule has 3 aromatic carbocycles. The molecule has 1 heterocycles. The van der Waals surface area contributed by atoms with Crippen molar-refractivity contribution in [3.63, 3.8) is 0 Å². The first-order valence-electron chi connectivity index (χ1n) is 11.7. The van der Waals surface area contributed by atoms with E-state index in [0.717, 1.165) is 5.56 Å². The fraction of sp³-hybridized carbons (Fsp3) is 0.296. The van der Waals surface area contributed by atoms with Gasteiger partial charge < -0.3 is 14.8 Å². The molecule has 4 rings (SSSR count). The minimum absolute atomic E-state index is 0.0738. The molecule has 0 saturated carbocycles. The largest absolute Gasteiger partial charge is 0.489 e. The Bertz CT molecular complexity index is 1370. The standard InChI is InChI=1S/C27H31NO7S2/c1-27(2,3)35-26(29)28-16-21-22(34-17-19-10-6-4-7-11-19)14-15-23-25(21)24(18-36(23,30)31)37(32,33)20-12-8-5-9-13-20/h4-15,24,30-31H,16-18H2,1-3H3,(H,28,29). The molecule has 10 heteroatoms. The molecule has 1 atom stereocenters. The van der Waals surface area contributed by atoms with Crippen LogP contribution >= 0.6 is 10.6 Å². The monoisotopic (exact) mass is 545 g/mol. The van der Waals surface area contributed by atoms with Crippen LogP contribution in [0.3, 0.4) is 0 Å². The summed E-state index contributed by atoms with van der Waals surface area (Å²) in [6.45, 7) is 5.28. The van der Waals surface area contributed by atoms with Gasteiger partial charge in [-0.1, -0.05) is 48.5 Å². The van der Waals surface area contributed by atoms with E-state index in [9.17, 15) is 22.3 Å². The van der Waals surface area contributed by atoms with Crippen molar-refractivity contribution in [2.75, 3.05) is 5.75 Å². The van der Waals surface area contributed by atoms with Crippen molar-refractivity contribution in [2.45, 2.75) is 54.6 Å². The van der Waals surface area contributed by atoms with E-state index >= 15 is 0 Å². The lowest BCUT2D eigenvalue weighted by Gasteiger charge is -2.28. The van der Waals surface area contributed by atoms with Crippen molar-refractivity contribution >= 4 is 26.5 Å². The maximum atomic E-state index is 13.7. The number of amides is 1. The second kappa shape index (κ2) is 10.4. The molecule has 3 N–H and O–H groups in total. The summed E-state index contributed by atoms with van der Waals surface area (Å²) >= 11 is 0. The van der Waals surface area contributed by atoms with Gasteiger partial charge in [0.05, 0.1) is 22.1 Å². The molecule has 37 heavy (non-hydrogen) atoms. The smallest absolute Gasteiger partial charge is 0.407 e. The first-order valence-corrected chi connectivity index (χ1v) is 15.0. The summed E-state index contributed by atoms with van der Waals surface area (Å²) < 4.78 is 60.6. The number of carbonyl (C=O) groups is 1. The number of sulfone groups is 1. The lowest BCUT2D eigenvalue weighted by molar-refractivity contribution is 0.0523. The van der Waals surface area contributed by atoms with Crippen LogP contribution in [-0.2, 0) is 27.7 Å². The van der Waals surface area contributed by atoms with Gasteiger partial charge in [-0.2, -0.15) is 10.6 Å². The lowest BCUT2D eigenvalue weighted by atomic mass is 10.0. The number of hydrogen-bond acceptors (Lipinski definition) is 7. The third-order valence-corrected chi connectivity index (χ3v) is 9.97. The number of rotatable bonds is 7. The van der Waals surface area contributed by atoms with Crippen LogP contribution in [0.5, 0.6) is 5.75 Å². The fourth-order valence-electron chi connectivity index (χ4n) is 4.19. The molecule has 1 unspecified atom stereocenters. The van der Waals surface area contributed by atoms with Gasteiger partial charge in [-0.05, 0) is 50.6 Å². The number of benzene rings is 3. The van der Waals surface area contributed by atoms with Crippen LogP contribution in [0.25, 0.3) is 0 Å². The Morgan fingerprint density at radius 3 is 2.24 bits per heavy atom. The Labute approximate surface area is 218 Å². The third kappa shape index (κ3) is 6.10. The van der Waals surface area contributed by atoms with Gasteiger partial charge in [-0.25, -0.2) is 13.2 Å². The molecule has 3 aromatic rings. The maximum absolute atomic E-state index is 13.7. The molecule has 0 bridgehead atoms. The highest BCUT2D eigenvalue weighted by molar-refractivity contribution is 8.25. The molecular formula is C27H31NO7S2. The van der Waals surface area contributed by atoms with Crippen LogP contribution in [-0.4, -0.2) is 35.0 Å². The number of hydrogen-bond donors (Lipinski definition) is 3. The highest BCUT2D eigenvalue weighted by atomic mass is 32.3. The van der Waals surface area contributed by atoms with E-state index in [1.54, 1.807) is 45.0 Å². The molecule has 0 radical (unpaired) electrons. The van der Waals surface area contributed by atoms with Crippen LogP contribution in [0, 0.1) is 0 Å². The normalized spacial score (nSPS) is 17.5. The summed E-state index contributed by atoms with van der Waals surface area (Å²) in [5.41, 5.74) is 0.767. The van der Waals surface area contributed by atoms with E-state index in [-0.39, 0.29) is 34.3 Å². The van der Waals surface area contributed by atoms with Crippen LogP contribution in [0.1, 0.15) is 42.7 Å². The van der Waals surface area contributed by atoms with Gasteiger partial charge in [-0.15, -0.1) is 0 Å². The first-order chi connectivity index (χ1) is 17.4. The molecule has 0 spiro atoms. The predicted molar refractivity (Wildman–Crippen MR) is 143 cm³/mol. The van der Waals surface area contributed by atoms with E-state index in [1.807, 2.05) is 30.3 Å². The molecule has 0 aromatic heterocycles. The van der Waals surface area contributed by atoms with E-state index < -0.39 is 37.4 Å². The van der Waals surface area contributed by atoms with Gasteiger partial charge >= 0.3 is 6.09 Å². The maximum Gasteiger partial charge on any atom is 0.407 e. The third-order valence-electron chi connectivity index (χ3n) is 5.82. The minimum atomic E-state index is -4.00. The second-order valence-corrected chi connectivity index (χ2v) is 14.0. The van der Waals surface area contributed by atoms with Crippen molar-refractivity contribution < 1.29 is 31.8 Å². The van der Waals surface area contributed by atoms with Crippen LogP contribution in [0.15, 0.2) is 82.6 Å². The Kier molecular flexibility index (Phi) is 7.57.